The van der Waals surface area contributed by atoms with E-state index in [2.05, 4.69) is 22.6 Å². The molecule has 170 valence electrons. The molecule has 0 fully saturated rings. The summed E-state index contributed by atoms with van der Waals surface area (Å²) in [4.78, 5) is 42.1. The Balaban J connectivity index is 4.19. The third-order valence-corrected chi connectivity index (χ3v) is 5.81. The molecule has 0 bridgehead atoms. The van der Waals surface area contributed by atoms with Crippen molar-refractivity contribution in [2.75, 3.05) is 39.6 Å². The van der Waals surface area contributed by atoms with Crippen LogP contribution in [0.1, 0.15) is 26.7 Å². The summed E-state index contributed by atoms with van der Waals surface area (Å²) in [5.41, 5.74) is 0. The van der Waals surface area contributed by atoms with E-state index < -0.39 is 55.8 Å². The zero-order valence-corrected chi connectivity index (χ0v) is 18.2. The monoisotopic (exact) mass is 471 g/mol. The summed E-state index contributed by atoms with van der Waals surface area (Å²) < 4.78 is 55.7. The third-order valence-electron chi connectivity index (χ3n) is 3.41. The fourth-order valence-electron chi connectivity index (χ4n) is 1.55. The number of hydrogen-bond donors (Lipinski definition) is 2. The first-order valence-electron chi connectivity index (χ1n) is 8.33. The number of rotatable bonds is 17. The number of phosphoric acid groups is 3. The quantitative estimate of drug-likeness (QED) is 0.203. The lowest BCUT2D eigenvalue weighted by molar-refractivity contribution is -0.234. The Hall–Kier alpha value is 0.290. The van der Waals surface area contributed by atoms with Crippen LogP contribution in [0.25, 0.3) is 0 Å². The highest BCUT2D eigenvalue weighted by Crippen LogP contribution is 2.41. The van der Waals surface area contributed by atoms with Gasteiger partial charge in [0.2, 0.25) is 0 Å². The van der Waals surface area contributed by atoms with E-state index >= 15 is 0 Å². The number of aliphatic hydroxyl groups is 1. The van der Waals surface area contributed by atoms with E-state index in [0.717, 1.165) is 0 Å². The molecule has 28 heavy (non-hydrogen) atoms. The zero-order valence-electron chi connectivity index (χ0n) is 15.5. The molecule has 5 atom stereocenters. The highest BCUT2D eigenvalue weighted by atomic mass is 31.2. The van der Waals surface area contributed by atoms with Gasteiger partial charge in [0.25, 0.3) is 23.5 Å². The van der Waals surface area contributed by atoms with Gasteiger partial charge in [0.05, 0.1) is 33.0 Å². The average Bonchev–Trinajstić information content (AvgIpc) is 2.59. The van der Waals surface area contributed by atoms with Crippen molar-refractivity contribution in [3.63, 3.8) is 0 Å². The van der Waals surface area contributed by atoms with E-state index in [0.29, 0.717) is 6.42 Å². The Labute approximate surface area is 163 Å². The molecule has 0 aromatic rings. The van der Waals surface area contributed by atoms with Gasteiger partial charge in [0.1, 0.15) is 0 Å². The van der Waals surface area contributed by atoms with Gasteiger partial charge in [-0.2, -0.15) is 0 Å². The lowest BCUT2D eigenvalue weighted by Gasteiger charge is -2.27. The molecule has 0 amide bonds. The van der Waals surface area contributed by atoms with E-state index in [-0.39, 0.29) is 25.6 Å². The molecule has 0 aromatic heterocycles. The van der Waals surface area contributed by atoms with Gasteiger partial charge in [0, 0.05) is 18.4 Å². The molecule has 13 nitrogen and oxygen atoms in total. The van der Waals surface area contributed by atoms with Crippen LogP contribution in [0.4, 0.5) is 0 Å². The zero-order chi connectivity index (χ0) is 21.8. The minimum atomic E-state index is -4.93. The van der Waals surface area contributed by atoms with Crippen LogP contribution in [0, 0.1) is 11.8 Å². The van der Waals surface area contributed by atoms with Crippen molar-refractivity contribution in [3.8, 4) is 0 Å². The number of phosphoric ester groups is 3. The summed E-state index contributed by atoms with van der Waals surface area (Å²) in [7, 11) is -14.4. The van der Waals surface area contributed by atoms with Crippen LogP contribution in [0.3, 0.4) is 0 Å². The summed E-state index contributed by atoms with van der Waals surface area (Å²) in [6, 6.07) is 0. The van der Waals surface area contributed by atoms with Crippen LogP contribution in [0.15, 0.2) is 0 Å². The first-order valence-corrected chi connectivity index (χ1v) is 12.7. The molecule has 0 rings (SSSR count). The van der Waals surface area contributed by atoms with Gasteiger partial charge in [-0.15, -0.1) is 0 Å². The molecule has 0 saturated carbocycles. The van der Waals surface area contributed by atoms with Crippen molar-refractivity contribution in [2.45, 2.75) is 26.7 Å². The predicted octanol–water partition coefficient (Wildman–Crippen LogP) is -0.488. The first kappa shape index (κ1) is 28.3. The van der Waals surface area contributed by atoms with Crippen molar-refractivity contribution in [1.29, 1.82) is 0 Å². The van der Waals surface area contributed by atoms with Crippen LogP contribution in [0.2, 0.25) is 0 Å². The van der Waals surface area contributed by atoms with E-state index in [4.69, 9.17) is 10.00 Å². The maximum Gasteiger partial charge on any atom is 0.267 e. The third kappa shape index (κ3) is 15.2. The number of aliphatic hydroxyl groups excluding tert-OH is 1. The average molecular weight is 471 g/mol. The fourth-order valence-corrected chi connectivity index (χ4v) is 3.48. The lowest BCUT2D eigenvalue weighted by Crippen LogP contribution is -2.20. The molecule has 0 radical (unpaired) electrons. The molecular weight excluding hydrogens is 445 g/mol. The van der Waals surface area contributed by atoms with E-state index in [1.165, 1.54) is 0 Å². The fraction of sp³-hybridized carbons (Fsp3) is 1.00. The van der Waals surface area contributed by atoms with Gasteiger partial charge in [-0.05, 0) is 12.8 Å². The van der Waals surface area contributed by atoms with Crippen molar-refractivity contribution in [1.82, 2.24) is 0 Å². The molecule has 0 aromatic carbocycles. The summed E-state index contributed by atoms with van der Waals surface area (Å²) in [6.07, 6.45) is 0.775. The summed E-state index contributed by atoms with van der Waals surface area (Å²) in [6.45, 7) is 0.525. The van der Waals surface area contributed by atoms with E-state index in [9.17, 15) is 28.4 Å². The molecule has 5 unspecified atom stereocenters. The van der Waals surface area contributed by atoms with Crippen molar-refractivity contribution >= 4 is 23.5 Å². The first-order chi connectivity index (χ1) is 12.8. The molecule has 0 aliphatic rings. The highest BCUT2D eigenvalue weighted by molar-refractivity contribution is 7.46. The van der Waals surface area contributed by atoms with Crippen molar-refractivity contribution in [3.05, 3.63) is 0 Å². The van der Waals surface area contributed by atoms with Crippen molar-refractivity contribution < 1.29 is 61.0 Å². The van der Waals surface area contributed by atoms with Crippen LogP contribution in [-0.4, -0.2) is 49.6 Å². The Morgan fingerprint density at radius 2 is 1.14 bits per heavy atom. The Bertz CT molecular complexity index is 561. The smallest absolute Gasteiger partial charge is 0.267 e. The minimum absolute atomic E-state index is 0.259. The second-order valence-electron chi connectivity index (χ2n) is 5.65. The molecular formula is C12H26O13P3-3. The van der Waals surface area contributed by atoms with Crippen LogP contribution >= 0.6 is 23.5 Å². The maximum atomic E-state index is 11.6. The molecule has 16 heteroatoms. The maximum absolute atomic E-state index is 11.6. The van der Waals surface area contributed by atoms with Crippen LogP contribution < -0.4 is 14.7 Å². The molecule has 0 aliphatic heterocycles. The van der Waals surface area contributed by atoms with Gasteiger partial charge >= 0.3 is 0 Å². The minimum Gasteiger partial charge on any atom is -0.756 e. The van der Waals surface area contributed by atoms with Gasteiger partial charge in [-0.3, -0.25) is 13.7 Å². The normalized spacial score (nSPS) is 20.7. The second-order valence-corrected chi connectivity index (χ2v) is 9.66. The Morgan fingerprint density at radius 1 is 0.750 bits per heavy atom. The van der Waals surface area contributed by atoms with Crippen LogP contribution in [-0.2, 0) is 36.3 Å². The molecule has 2 N–H and O–H groups in total. The SMILES string of the molecule is CCC(CO)COP(=O)([O-])OCCOP(=O)([O-])OCC(CC)COP(=O)([O-])O. The lowest BCUT2D eigenvalue weighted by atomic mass is 10.1. The van der Waals surface area contributed by atoms with Gasteiger partial charge in [-0.1, -0.05) is 13.8 Å². The Kier molecular flexibility index (Phi) is 13.7. The molecule has 0 aliphatic carbocycles. The largest absolute Gasteiger partial charge is 0.756 e. The summed E-state index contributed by atoms with van der Waals surface area (Å²) in [5, 5.41) is 8.95. The molecule has 0 saturated heterocycles. The van der Waals surface area contributed by atoms with Crippen molar-refractivity contribution in [2.24, 2.45) is 11.8 Å². The highest BCUT2D eigenvalue weighted by Gasteiger charge is 2.17. The second kappa shape index (κ2) is 13.6. The standard InChI is InChI=1S/C12H29O13P3/c1-3-11(7-13)8-24-27(17,18)21-5-6-22-28(19,20)25-10-12(4-2)9-23-26(14,15)16/h11-13H,3-10H2,1-2H3,(H,17,18)(H,19,20)(H2,14,15,16)/p-3. The topological polar surface area (TPSA) is 207 Å². The molecule has 0 spiro atoms. The predicted molar refractivity (Wildman–Crippen MR) is 89.4 cm³/mol. The van der Waals surface area contributed by atoms with Gasteiger partial charge in [0.15, 0.2) is 0 Å². The molecule has 0 heterocycles. The summed E-state index contributed by atoms with van der Waals surface area (Å²) >= 11 is 0. The van der Waals surface area contributed by atoms with E-state index in [1.54, 1.807) is 13.8 Å². The Morgan fingerprint density at radius 3 is 1.50 bits per heavy atom. The number of hydrogen-bond acceptors (Lipinski definition) is 12. The van der Waals surface area contributed by atoms with Crippen LogP contribution in [0.5, 0.6) is 0 Å². The summed E-state index contributed by atoms with van der Waals surface area (Å²) in [5.74, 6) is -1.04. The van der Waals surface area contributed by atoms with Gasteiger partial charge < -0.3 is 47.3 Å². The van der Waals surface area contributed by atoms with E-state index in [1.807, 2.05) is 0 Å². The van der Waals surface area contributed by atoms with Gasteiger partial charge in [-0.25, -0.2) is 0 Å².